The Morgan fingerprint density at radius 2 is 2.06 bits per heavy atom. The highest BCUT2D eigenvalue weighted by atomic mass is 35.5. The highest BCUT2D eigenvalue weighted by molar-refractivity contribution is 7.17. The van der Waals surface area contributed by atoms with E-state index in [0.29, 0.717) is 49.8 Å². The molecule has 0 saturated carbocycles. The van der Waals surface area contributed by atoms with Crippen molar-refractivity contribution in [2.45, 2.75) is 31.9 Å². The van der Waals surface area contributed by atoms with Crippen LogP contribution in [-0.2, 0) is 11.2 Å². The molecule has 35 heavy (non-hydrogen) atoms. The van der Waals surface area contributed by atoms with Crippen LogP contribution in [0.1, 0.15) is 49.8 Å². The van der Waals surface area contributed by atoms with Crippen LogP contribution in [0.5, 0.6) is 0 Å². The minimum atomic E-state index is -1.21. The summed E-state index contributed by atoms with van der Waals surface area (Å²) in [6.07, 6.45) is 0.754. The Labute approximate surface area is 212 Å². The molecule has 14 heteroatoms. The Morgan fingerprint density at radius 1 is 1.31 bits per heavy atom. The number of halogens is 1. The molecule has 0 radical (unpaired) electrons. The first-order valence-electron chi connectivity index (χ1n) is 11.1. The van der Waals surface area contributed by atoms with Crippen molar-refractivity contribution in [3.8, 4) is 0 Å². The first-order valence-corrected chi connectivity index (χ1v) is 12.3. The van der Waals surface area contributed by atoms with Crippen LogP contribution in [0.15, 0.2) is 0 Å². The number of anilines is 1. The fourth-order valence-electron chi connectivity index (χ4n) is 3.68. The van der Waals surface area contributed by atoms with Crippen molar-refractivity contribution in [2.75, 3.05) is 52.3 Å². The fourth-order valence-corrected chi connectivity index (χ4v) is 4.88. The number of carboxylic acids is 1. The van der Waals surface area contributed by atoms with Crippen molar-refractivity contribution in [2.24, 2.45) is 0 Å². The van der Waals surface area contributed by atoms with Gasteiger partial charge in [-0.3, -0.25) is 9.59 Å². The van der Waals surface area contributed by atoms with Crippen LogP contribution in [0.25, 0.3) is 0 Å². The van der Waals surface area contributed by atoms with Crippen molar-refractivity contribution in [3.63, 3.8) is 0 Å². The summed E-state index contributed by atoms with van der Waals surface area (Å²) in [6, 6.07) is -0.301. The first kappa shape index (κ1) is 26.9. The largest absolute Gasteiger partial charge is 0.477 e. The lowest BCUT2D eigenvalue weighted by atomic mass is 10.0. The van der Waals surface area contributed by atoms with Gasteiger partial charge in [0.2, 0.25) is 0 Å². The van der Waals surface area contributed by atoms with E-state index in [2.05, 4.69) is 25.6 Å². The smallest absolute Gasteiger partial charge is 0.348 e. The van der Waals surface area contributed by atoms with Gasteiger partial charge in [-0.25, -0.2) is 14.8 Å². The molecule has 2 amide bonds. The minimum Gasteiger partial charge on any atom is -0.477 e. The minimum absolute atomic E-state index is 0.109. The SMILES string of the molecule is CCc1[nH]c(C(=O)NC2CCN(c3nc(C(=O)NCCN(C)C)c(C(=O)O)s3)CC2OC)nc1Cl. The van der Waals surface area contributed by atoms with E-state index in [1.54, 1.807) is 7.11 Å². The molecule has 12 nitrogen and oxygen atoms in total. The molecule has 192 valence electrons. The summed E-state index contributed by atoms with van der Waals surface area (Å²) in [7, 11) is 5.29. The van der Waals surface area contributed by atoms with Gasteiger partial charge in [0.05, 0.1) is 17.8 Å². The van der Waals surface area contributed by atoms with Crippen molar-refractivity contribution >= 4 is 45.9 Å². The molecule has 1 aliphatic heterocycles. The summed E-state index contributed by atoms with van der Waals surface area (Å²) in [4.78, 5) is 52.0. The monoisotopic (exact) mass is 527 g/mol. The van der Waals surface area contributed by atoms with Crippen LogP contribution in [0.4, 0.5) is 5.13 Å². The number of aromatic carboxylic acids is 1. The molecule has 1 saturated heterocycles. The molecule has 0 spiro atoms. The maximum absolute atomic E-state index is 12.7. The van der Waals surface area contributed by atoms with Gasteiger partial charge in [-0.2, -0.15) is 0 Å². The third-order valence-corrected chi connectivity index (χ3v) is 7.03. The highest BCUT2D eigenvalue weighted by Gasteiger charge is 2.34. The summed E-state index contributed by atoms with van der Waals surface area (Å²) in [5.74, 6) is -1.98. The number of hydrogen-bond acceptors (Lipinski definition) is 9. The maximum Gasteiger partial charge on any atom is 0.348 e. The Balaban J connectivity index is 1.69. The lowest BCUT2D eigenvalue weighted by Crippen LogP contribution is -2.55. The number of nitrogens with zero attached hydrogens (tertiary/aromatic N) is 4. The number of rotatable bonds is 10. The van der Waals surface area contributed by atoms with Crippen LogP contribution in [0.3, 0.4) is 0 Å². The summed E-state index contributed by atoms with van der Waals surface area (Å²) in [5, 5.41) is 15.9. The second-order valence-electron chi connectivity index (χ2n) is 8.34. The second-order valence-corrected chi connectivity index (χ2v) is 9.67. The number of aromatic nitrogens is 3. The van der Waals surface area contributed by atoms with Gasteiger partial charge in [-0.05, 0) is 26.9 Å². The lowest BCUT2D eigenvalue weighted by molar-refractivity contribution is 0.0538. The number of likely N-dealkylation sites (N-methyl/N-ethyl adjacent to an activating group) is 1. The molecule has 2 atom stereocenters. The molecule has 2 aromatic heterocycles. The zero-order chi connectivity index (χ0) is 25.7. The third-order valence-electron chi connectivity index (χ3n) is 5.62. The van der Waals surface area contributed by atoms with Gasteiger partial charge >= 0.3 is 5.97 Å². The molecule has 2 unspecified atom stereocenters. The summed E-state index contributed by atoms with van der Waals surface area (Å²) in [6.45, 7) is 3.73. The summed E-state index contributed by atoms with van der Waals surface area (Å²) in [5.41, 5.74) is 0.580. The Kier molecular flexibility index (Phi) is 9.05. The standard InChI is InChI=1S/C21H30ClN7O5S/c1-5-11-16(22)27-17(24-11)19(31)25-12-6-8-29(10-13(12)34-4)21-26-14(15(35-21)20(32)33)18(30)23-7-9-28(2)3/h12-13H,5-10H2,1-4H3,(H,23,30)(H,24,27)(H,25,31)(H,32,33). The fraction of sp³-hybridized carbons (Fsp3) is 0.571. The van der Waals surface area contributed by atoms with Crippen LogP contribution in [-0.4, -0.2) is 102 Å². The zero-order valence-corrected chi connectivity index (χ0v) is 21.6. The van der Waals surface area contributed by atoms with Crippen LogP contribution in [0.2, 0.25) is 5.15 Å². The van der Waals surface area contributed by atoms with E-state index in [1.165, 1.54) is 0 Å². The average molecular weight is 528 g/mol. The van der Waals surface area contributed by atoms with Gasteiger partial charge in [0.15, 0.2) is 21.8 Å². The predicted molar refractivity (Wildman–Crippen MR) is 132 cm³/mol. The van der Waals surface area contributed by atoms with Crippen molar-refractivity contribution in [1.82, 2.24) is 30.5 Å². The van der Waals surface area contributed by atoms with Gasteiger partial charge in [0.25, 0.3) is 11.8 Å². The van der Waals surface area contributed by atoms with E-state index < -0.39 is 18.0 Å². The number of methoxy groups -OCH3 is 1. The first-order chi connectivity index (χ1) is 16.6. The normalized spacial score (nSPS) is 18.1. The number of carboxylic acid groups (broad SMARTS) is 1. The molecule has 1 aliphatic rings. The number of thiazole rings is 1. The van der Waals surface area contributed by atoms with E-state index in [9.17, 15) is 19.5 Å². The van der Waals surface area contributed by atoms with E-state index in [-0.39, 0.29) is 33.5 Å². The number of hydrogen-bond donors (Lipinski definition) is 4. The number of amides is 2. The Bertz CT molecular complexity index is 1070. The van der Waals surface area contributed by atoms with Crippen LogP contribution >= 0.6 is 22.9 Å². The highest BCUT2D eigenvalue weighted by Crippen LogP contribution is 2.29. The average Bonchev–Trinajstić information content (AvgIpc) is 3.43. The van der Waals surface area contributed by atoms with Gasteiger partial charge in [0, 0.05) is 33.3 Å². The Morgan fingerprint density at radius 3 is 2.66 bits per heavy atom. The maximum atomic E-state index is 12.7. The molecular formula is C21H30ClN7O5S. The van der Waals surface area contributed by atoms with Gasteiger partial charge in [-0.15, -0.1) is 0 Å². The topological polar surface area (TPSA) is 153 Å². The van der Waals surface area contributed by atoms with Gasteiger partial charge in [0.1, 0.15) is 4.88 Å². The third kappa shape index (κ3) is 6.48. The molecule has 3 rings (SSSR count). The number of ether oxygens (including phenoxy) is 1. The van der Waals surface area contributed by atoms with Crippen molar-refractivity contribution in [3.05, 3.63) is 27.2 Å². The van der Waals surface area contributed by atoms with Gasteiger partial charge < -0.3 is 35.3 Å². The number of piperidine rings is 1. The number of nitrogens with one attached hydrogen (secondary N) is 3. The summed E-state index contributed by atoms with van der Waals surface area (Å²) < 4.78 is 5.61. The number of carbonyl (C=O) groups excluding carboxylic acids is 2. The molecule has 0 aliphatic carbocycles. The zero-order valence-electron chi connectivity index (χ0n) is 20.1. The number of aromatic amines is 1. The van der Waals surface area contributed by atoms with E-state index in [1.807, 2.05) is 30.8 Å². The van der Waals surface area contributed by atoms with Crippen LogP contribution in [0, 0.1) is 0 Å². The predicted octanol–water partition coefficient (Wildman–Crippen LogP) is 1.10. The molecule has 4 N–H and O–H groups in total. The van der Waals surface area contributed by atoms with E-state index in [4.69, 9.17) is 16.3 Å². The summed E-state index contributed by atoms with van der Waals surface area (Å²) >= 11 is 6.99. The molecule has 0 bridgehead atoms. The van der Waals surface area contributed by atoms with Crippen molar-refractivity contribution in [1.29, 1.82) is 0 Å². The molecular weight excluding hydrogens is 498 g/mol. The second kappa shape index (κ2) is 11.8. The number of aryl methyl sites for hydroxylation is 1. The Hall–Kier alpha value is -2.74. The van der Waals surface area contributed by atoms with Crippen molar-refractivity contribution < 1.29 is 24.2 Å². The molecule has 2 aromatic rings. The van der Waals surface area contributed by atoms with E-state index >= 15 is 0 Å². The van der Waals surface area contributed by atoms with Crippen LogP contribution < -0.4 is 15.5 Å². The van der Waals surface area contributed by atoms with E-state index in [0.717, 1.165) is 11.3 Å². The lowest BCUT2D eigenvalue weighted by Gasteiger charge is -2.37. The molecule has 0 aromatic carbocycles. The quantitative estimate of drug-likeness (QED) is 0.355. The number of carbonyl (C=O) groups is 3. The number of imidazole rings is 1. The molecule has 3 heterocycles. The molecule has 1 fully saturated rings. The number of H-pyrrole nitrogens is 1. The van der Waals surface area contributed by atoms with Gasteiger partial charge in [-0.1, -0.05) is 29.9 Å².